The lowest BCUT2D eigenvalue weighted by Crippen LogP contribution is -2.26. The van der Waals surface area contributed by atoms with E-state index in [2.05, 4.69) is 5.32 Å². The van der Waals surface area contributed by atoms with Crippen molar-refractivity contribution < 1.29 is 28.7 Å². The predicted octanol–water partition coefficient (Wildman–Crippen LogP) is 0.766. The minimum absolute atomic E-state index is 0.275. The Kier molecular flexibility index (Phi) is 5.47. The van der Waals surface area contributed by atoms with E-state index in [1.165, 1.54) is 0 Å². The van der Waals surface area contributed by atoms with Gasteiger partial charge < -0.3 is 24.9 Å². The number of nitrogens with one attached hydrogen (secondary N) is 1. The van der Waals surface area contributed by atoms with Crippen LogP contribution in [0.25, 0.3) is 0 Å². The maximum absolute atomic E-state index is 11.0. The summed E-state index contributed by atoms with van der Waals surface area (Å²) in [6, 6.07) is 7.40. The average molecular weight is 309 g/mol. The van der Waals surface area contributed by atoms with Crippen LogP contribution in [-0.2, 0) is 15.7 Å². The molecule has 1 aromatic carbocycles. The van der Waals surface area contributed by atoms with E-state index >= 15 is 0 Å². The molecule has 0 radical (unpaired) electrons. The number of hydrogen-bond acceptors (Lipinski definition) is 3. The summed E-state index contributed by atoms with van der Waals surface area (Å²) in [5.41, 5.74) is 1.94. The summed E-state index contributed by atoms with van der Waals surface area (Å²) in [4.78, 5) is 35.7. The molecule has 19 heavy (non-hydrogen) atoms. The molecule has 0 saturated carbocycles. The third kappa shape index (κ3) is 5.55. The van der Waals surface area contributed by atoms with Crippen molar-refractivity contribution in [3.8, 4) is 0 Å². The molecule has 0 aromatic heterocycles. The zero-order valence-electron chi connectivity index (χ0n) is 10.3. The first-order chi connectivity index (χ1) is 8.60. The van der Waals surface area contributed by atoms with Gasteiger partial charge in [0.2, 0.25) is 0 Å². The van der Waals surface area contributed by atoms with Gasteiger partial charge in [-0.1, -0.05) is 29.8 Å². The topological polar surface area (TPSA) is 127 Å². The van der Waals surface area contributed by atoms with Crippen LogP contribution in [0.5, 0.6) is 0 Å². The van der Waals surface area contributed by atoms with E-state index in [0.717, 1.165) is 11.1 Å². The van der Waals surface area contributed by atoms with Crippen LogP contribution in [0.1, 0.15) is 11.1 Å². The molecule has 5 N–H and O–H groups in total. The van der Waals surface area contributed by atoms with Crippen LogP contribution in [-0.4, -0.2) is 31.5 Å². The molecule has 7 nitrogen and oxygen atoms in total. The summed E-state index contributed by atoms with van der Waals surface area (Å²) in [6.07, 6.45) is 0. The van der Waals surface area contributed by atoms with E-state index < -0.39 is 27.1 Å². The Balaban J connectivity index is 2.61. The highest BCUT2D eigenvalue weighted by Gasteiger charge is 2.42. The highest BCUT2D eigenvalue weighted by atomic mass is 31.2. The molecule has 0 aliphatic carbocycles. The highest BCUT2D eigenvalue weighted by molar-refractivity contribution is 7.70. The predicted molar refractivity (Wildman–Crippen MR) is 70.8 cm³/mol. The first kappa shape index (κ1) is 16.5. The van der Waals surface area contributed by atoms with Gasteiger partial charge in [-0.05, 0) is 12.5 Å². The van der Waals surface area contributed by atoms with Crippen LogP contribution < -0.4 is 5.32 Å². The molecular formula is C10H17NO6P2. The molecule has 9 heteroatoms. The molecule has 0 bridgehead atoms. The molecule has 0 fully saturated rings. The minimum atomic E-state index is -4.85. The Morgan fingerprint density at radius 2 is 1.53 bits per heavy atom. The highest BCUT2D eigenvalue weighted by Crippen LogP contribution is 2.59. The lowest BCUT2D eigenvalue weighted by Gasteiger charge is -2.19. The number of hydrogen-bond donors (Lipinski definition) is 5. The number of rotatable bonds is 6. The lowest BCUT2D eigenvalue weighted by atomic mass is 10.1. The molecule has 0 heterocycles. The average Bonchev–Trinajstić information content (AvgIpc) is 2.23. The van der Waals surface area contributed by atoms with E-state index in [1.54, 1.807) is 0 Å². The van der Waals surface area contributed by atoms with Crippen LogP contribution in [0.2, 0.25) is 0 Å². The van der Waals surface area contributed by atoms with Gasteiger partial charge in [0.1, 0.15) is 0 Å². The maximum Gasteiger partial charge on any atom is 0.342 e. The van der Waals surface area contributed by atoms with Crippen molar-refractivity contribution in [1.29, 1.82) is 0 Å². The molecular weight excluding hydrogens is 292 g/mol. The second-order valence-electron chi connectivity index (χ2n) is 4.28. The summed E-state index contributed by atoms with van der Waals surface area (Å²) < 4.78 is 22.1. The first-order valence-corrected chi connectivity index (χ1v) is 8.83. The molecule has 108 valence electrons. The van der Waals surface area contributed by atoms with Gasteiger partial charge in [-0.15, -0.1) is 0 Å². The molecule has 0 atom stereocenters. The van der Waals surface area contributed by atoms with Crippen molar-refractivity contribution in [2.24, 2.45) is 0 Å². The Bertz CT molecular complexity index is 483. The monoisotopic (exact) mass is 309 g/mol. The Labute approximate surface area is 111 Å². The lowest BCUT2D eigenvalue weighted by molar-refractivity contribution is 0.336. The van der Waals surface area contributed by atoms with Crippen LogP contribution in [0.15, 0.2) is 24.3 Å². The summed E-state index contributed by atoms with van der Waals surface area (Å²) in [7, 11) is -9.70. The van der Waals surface area contributed by atoms with Gasteiger partial charge in [0, 0.05) is 13.1 Å². The van der Waals surface area contributed by atoms with Gasteiger partial charge in [0.15, 0.2) is 5.40 Å². The Morgan fingerprint density at radius 3 is 1.95 bits per heavy atom. The van der Waals surface area contributed by atoms with Gasteiger partial charge in [0.25, 0.3) is 0 Å². The van der Waals surface area contributed by atoms with Crippen molar-refractivity contribution in [3.63, 3.8) is 0 Å². The van der Waals surface area contributed by atoms with Gasteiger partial charge in [-0.3, -0.25) is 9.13 Å². The van der Waals surface area contributed by atoms with Crippen molar-refractivity contribution >= 4 is 15.2 Å². The van der Waals surface area contributed by atoms with Crippen LogP contribution >= 0.6 is 15.2 Å². The van der Waals surface area contributed by atoms with E-state index in [4.69, 9.17) is 19.6 Å². The molecule has 0 saturated heterocycles. The second kappa shape index (κ2) is 6.29. The molecule has 1 aromatic rings. The van der Waals surface area contributed by atoms with E-state index in [0.29, 0.717) is 0 Å². The fourth-order valence-corrected chi connectivity index (χ4v) is 3.79. The third-order valence-corrected chi connectivity index (χ3v) is 6.28. The quantitative estimate of drug-likeness (QED) is 0.491. The van der Waals surface area contributed by atoms with Crippen molar-refractivity contribution in [1.82, 2.24) is 5.32 Å². The van der Waals surface area contributed by atoms with Gasteiger partial charge in [-0.2, -0.15) is 0 Å². The van der Waals surface area contributed by atoms with Crippen molar-refractivity contribution in [2.75, 3.05) is 6.54 Å². The summed E-state index contributed by atoms with van der Waals surface area (Å²) in [5.74, 6) is 0. The van der Waals surface area contributed by atoms with E-state index in [-0.39, 0.29) is 6.54 Å². The van der Waals surface area contributed by atoms with Crippen molar-refractivity contribution in [2.45, 2.75) is 18.9 Å². The summed E-state index contributed by atoms with van der Waals surface area (Å²) in [5, 5.41) is 0.641. The fourth-order valence-electron chi connectivity index (χ4n) is 1.49. The van der Waals surface area contributed by atoms with Gasteiger partial charge >= 0.3 is 15.2 Å². The summed E-state index contributed by atoms with van der Waals surface area (Å²) >= 11 is 0. The molecule has 0 aliphatic heterocycles. The van der Waals surface area contributed by atoms with Crippen LogP contribution in [0.4, 0.5) is 0 Å². The molecule has 0 spiro atoms. The molecule has 1 rings (SSSR count). The van der Waals surface area contributed by atoms with Crippen molar-refractivity contribution in [3.05, 3.63) is 35.4 Å². The molecule has 0 unspecified atom stereocenters. The smallest absolute Gasteiger partial charge is 0.324 e. The largest absolute Gasteiger partial charge is 0.342 e. The number of benzene rings is 1. The first-order valence-electron chi connectivity index (χ1n) is 5.47. The second-order valence-corrected chi connectivity index (χ2v) is 8.29. The third-order valence-electron chi connectivity index (χ3n) is 2.55. The number of aryl methyl sites for hydroxylation is 1. The Morgan fingerprint density at radius 1 is 1.05 bits per heavy atom. The molecule has 0 aliphatic rings. The Hall–Kier alpha value is -0.520. The summed E-state index contributed by atoms with van der Waals surface area (Å²) in [6.45, 7) is 1.74. The maximum atomic E-state index is 11.0. The van der Waals surface area contributed by atoms with Gasteiger partial charge in [0.05, 0.1) is 0 Å². The zero-order chi connectivity index (χ0) is 14.7. The standard InChI is InChI=1S/C10H17NO6P2/c1-8-2-4-9(5-3-8)6-11-7-10(18(12,13)14)19(15,16)17/h2-5,10-11H,6-7H2,1H3,(H2,12,13,14)(H2,15,16,17). The SMILES string of the molecule is Cc1ccc(CNCC(P(=O)(O)O)P(=O)(O)O)cc1. The normalized spacial score (nSPS) is 12.9. The van der Waals surface area contributed by atoms with Crippen LogP contribution in [0, 0.1) is 6.92 Å². The fraction of sp³-hybridized carbons (Fsp3) is 0.400. The van der Waals surface area contributed by atoms with Gasteiger partial charge in [-0.25, -0.2) is 0 Å². The molecule has 0 amide bonds. The zero-order valence-corrected chi connectivity index (χ0v) is 12.1. The van der Waals surface area contributed by atoms with E-state index in [1.807, 2.05) is 31.2 Å². The minimum Gasteiger partial charge on any atom is -0.324 e. The van der Waals surface area contributed by atoms with E-state index in [9.17, 15) is 9.13 Å². The van der Waals surface area contributed by atoms with Crippen LogP contribution in [0.3, 0.4) is 0 Å².